The van der Waals surface area contributed by atoms with E-state index in [2.05, 4.69) is 10.6 Å². The molecule has 1 amide bonds. The maximum absolute atomic E-state index is 12.9. The lowest BCUT2D eigenvalue weighted by Gasteiger charge is -2.18. The molecule has 0 fully saturated rings. The van der Waals surface area contributed by atoms with Crippen molar-refractivity contribution in [1.82, 2.24) is 4.90 Å². The first-order valence-corrected chi connectivity index (χ1v) is 8.17. The van der Waals surface area contributed by atoms with Gasteiger partial charge in [0.05, 0.1) is 0 Å². The third-order valence-electron chi connectivity index (χ3n) is 3.54. The molecule has 2 rings (SSSR count). The van der Waals surface area contributed by atoms with Crippen LogP contribution >= 0.6 is 12.2 Å². The molecule has 0 aliphatic carbocycles. The Kier molecular flexibility index (Phi) is 6.26. The van der Waals surface area contributed by atoms with Crippen LogP contribution in [0.5, 0.6) is 0 Å². The van der Waals surface area contributed by atoms with Gasteiger partial charge in [-0.15, -0.1) is 0 Å². The fourth-order valence-electron chi connectivity index (χ4n) is 2.22. The molecule has 0 radical (unpaired) electrons. The van der Waals surface area contributed by atoms with Crippen LogP contribution in [0, 0.1) is 5.82 Å². The first-order chi connectivity index (χ1) is 11.5. The van der Waals surface area contributed by atoms with E-state index in [0.717, 1.165) is 5.69 Å². The predicted octanol–water partition coefficient (Wildman–Crippen LogP) is 4.12. The van der Waals surface area contributed by atoms with E-state index in [0.29, 0.717) is 29.5 Å². The zero-order chi connectivity index (χ0) is 17.5. The number of amides is 1. The number of nitrogens with one attached hydrogen (secondary N) is 2. The van der Waals surface area contributed by atoms with Crippen molar-refractivity contribution in [2.24, 2.45) is 0 Å². The number of hydrogen-bond acceptors (Lipinski definition) is 2. The molecule has 126 valence electrons. The Morgan fingerprint density at radius 2 is 1.42 bits per heavy atom. The van der Waals surface area contributed by atoms with Crippen molar-refractivity contribution in [2.45, 2.75) is 13.8 Å². The second-order valence-corrected chi connectivity index (χ2v) is 5.55. The Labute approximate surface area is 146 Å². The Morgan fingerprint density at radius 1 is 0.958 bits per heavy atom. The second kappa shape index (κ2) is 8.40. The van der Waals surface area contributed by atoms with Crippen LogP contribution in [-0.2, 0) is 0 Å². The molecule has 0 saturated carbocycles. The van der Waals surface area contributed by atoms with E-state index in [4.69, 9.17) is 12.2 Å². The van der Waals surface area contributed by atoms with Crippen molar-refractivity contribution >= 4 is 34.6 Å². The van der Waals surface area contributed by atoms with Gasteiger partial charge in [-0.3, -0.25) is 4.79 Å². The van der Waals surface area contributed by atoms with Crippen molar-refractivity contribution in [1.29, 1.82) is 0 Å². The number of hydrogen-bond donors (Lipinski definition) is 2. The van der Waals surface area contributed by atoms with Gasteiger partial charge in [-0.05, 0) is 74.6 Å². The number of benzene rings is 2. The van der Waals surface area contributed by atoms with Crippen LogP contribution in [0.15, 0.2) is 48.5 Å². The first kappa shape index (κ1) is 17.9. The molecule has 0 unspecified atom stereocenters. The topological polar surface area (TPSA) is 44.4 Å². The molecule has 4 nitrogen and oxygen atoms in total. The van der Waals surface area contributed by atoms with Gasteiger partial charge in [0.1, 0.15) is 5.82 Å². The molecule has 6 heteroatoms. The summed E-state index contributed by atoms with van der Waals surface area (Å²) in [5, 5.41) is 6.39. The molecule has 0 spiro atoms. The molecule has 24 heavy (non-hydrogen) atoms. The van der Waals surface area contributed by atoms with E-state index >= 15 is 0 Å². The molecule has 0 aliphatic heterocycles. The highest BCUT2D eigenvalue weighted by molar-refractivity contribution is 7.80. The minimum atomic E-state index is -0.298. The molecule has 0 aromatic heterocycles. The lowest BCUT2D eigenvalue weighted by atomic mass is 10.2. The highest BCUT2D eigenvalue weighted by Crippen LogP contribution is 2.13. The summed E-state index contributed by atoms with van der Waals surface area (Å²) in [6.45, 7) is 5.27. The fraction of sp³-hybridized carbons (Fsp3) is 0.222. The molecule has 0 heterocycles. The van der Waals surface area contributed by atoms with Gasteiger partial charge in [-0.2, -0.15) is 0 Å². The molecule has 0 saturated heterocycles. The van der Waals surface area contributed by atoms with Gasteiger partial charge in [-0.25, -0.2) is 4.39 Å². The third kappa shape index (κ3) is 4.76. The molecule has 0 aliphatic rings. The van der Waals surface area contributed by atoms with Gasteiger partial charge in [0.25, 0.3) is 5.91 Å². The lowest BCUT2D eigenvalue weighted by Crippen LogP contribution is -2.30. The number of anilines is 2. The lowest BCUT2D eigenvalue weighted by molar-refractivity contribution is 0.0773. The van der Waals surface area contributed by atoms with Crippen LogP contribution in [0.3, 0.4) is 0 Å². The summed E-state index contributed by atoms with van der Waals surface area (Å²) in [7, 11) is 0. The highest BCUT2D eigenvalue weighted by Gasteiger charge is 2.12. The largest absolute Gasteiger partial charge is 0.339 e. The fourth-order valence-corrected chi connectivity index (χ4v) is 2.45. The van der Waals surface area contributed by atoms with E-state index < -0.39 is 0 Å². The predicted molar refractivity (Wildman–Crippen MR) is 99.9 cm³/mol. The Balaban J connectivity index is 1.97. The van der Waals surface area contributed by atoms with Crippen LogP contribution in [0.1, 0.15) is 24.2 Å². The molecule has 2 N–H and O–H groups in total. The van der Waals surface area contributed by atoms with E-state index in [-0.39, 0.29) is 11.7 Å². The monoisotopic (exact) mass is 345 g/mol. The summed E-state index contributed by atoms with van der Waals surface area (Å²) in [5.74, 6) is -0.286. The van der Waals surface area contributed by atoms with Gasteiger partial charge in [-0.1, -0.05) is 0 Å². The summed E-state index contributed by atoms with van der Waals surface area (Å²) >= 11 is 5.22. The van der Waals surface area contributed by atoms with E-state index in [9.17, 15) is 9.18 Å². The molecular weight excluding hydrogens is 325 g/mol. The van der Waals surface area contributed by atoms with Crippen molar-refractivity contribution in [2.75, 3.05) is 23.7 Å². The van der Waals surface area contributed by atoms with Crippen molar-refractivity contribution in [3.05, 3.63) is 59.9 Å². The van der Waals surface area contributed by atoms with E-state index in [1.165, 1.54) is 12.1 Å². The van der Waals surface area contributed by atoms with Crippen molar-refractivity contribution < 1.29 is 9.18 Å². The van der Waals surface area contributed by atoms with Gasteiger partial charge in [0.2, 0.25) is 0 Å². The molecule has 2 aromatic carbocycles. The molecular formula is C18H20FN3OS. The smallest absolute Gasteiger partial charge is 0.253 e. The number of halogens is 1. The zero-order valence-electron chi connectivity index (χ0n) is 13.7. The van der Waals surface area contributed by atoms with Gasteiger partial charge in [0, 0.05) is 30.0 Å². The van der Waals surface area contributed by atoms with Crippen molar-refractivity contribution in [3.63, 3.8) is 0 Å². The molecule has 0 atom stereocenters. The summed E-state index contributed by atoms with van der Waals surface area (Å²) in [6, 6.07) is 13.1. The first-order valence-electron chi connectivity index (χ1n) is 7.76. The maximum atomic E-state index is 12.9. The van der Waals surface area contributed by atoms with E-state index in [1.54, 1.807) is 41.3 Å². The average Bonchev–Trinajstić information content (AvgIpc) is 2.58. The van der Waals surface area contributed by atoms with Crippen LogP contribution in [-0.4, -0.2) is 29.0 Å². The Bertz CT molecular complexity index is 697. The van der Waals surface area contributed by atoms with Gasteiger partial charge < -0.3 is 15.5 Å². The SMILES string of the molecule is CCN(CC)C(=O)c1ccc(NC(=S)Nc2ccc(F)cc2)cc1. The van der Waals surface area contributed by atoms with Crippen LogP contribution in [0.25, 0.3) is 0 Å². The number of carbonyl (C=O) groups excluding carboxylic acids is 1. The van der Waals surface area contributed by atoms with Crippen LogP contribution in [0.4, 0.5) is 15.8 Å². The minimum Gasteiger partial charge on any atom is -0.339 e. The minimum absolute atomic E-state index is 0.0126. The average molecular weight is 345 g/mol. The number of carbonyl (C=O) groups is 1. The van der Waals surface area contributed by atoms with Crippen molar-refractivity contribution in [3.8, 4) is 0 Å². The number of thiocarbonyl (C=S) groups is 1. The van der Waals surface area contributed by atoms with Crippen LogP contribution in [0.2, 0.25) is 0 Å². The summed E-state index contributed by atoms with van der Waals surface area (Å²) in [6.07, 6.45) is 0. The van der Waals surface area contributed by atoms with Gasteiger partial charge in [0.15, 0.2) is 5.11 Å². The number of rotatable bonds is 5. The molecule has 2 aromatic rings. The Morgan fingerprint density at radius 3 is 1.88 bits per heavy atom. The Hall–Kier alpha value is -2.47. The molecule has 0 bridgehead atoms. The quantitative estimate of drug-likeness (QED) is 0.800. The second-order valence-electron chi connectivity index (χ2n) is 5.14. The zero-order valence-corrected chi connectivity index (χ0v) is 14.5. The number of nitrogens with zero attached hydrogens (tertiary/aromatic N) is 1. The summed E-state index contributed by atoms with van der Waals surface area (Å²) in [5.41, 5.74) is 2.11. The van der Waals surface area contributed by atoms with Crippen LogP contribution < -0.4 is 10.6 Å². The summed E-state index contributed by atoms with van der Waals surface area (Å²) < 4.78 is 12.9. The van der Waals surface area contributed by atoms with Gasteiger partial charge >= 0.3 is 0 Å². The van der Waals surface area contributed by atoms with E-state index in [1.807, 2.05) is 13.8 Å². The summed E-state index contributed by atoms with van der Waals surface area (Å²) in [4.78, 5) is 14.0. The third-order valence-corrected chi connectivity index (χ3v) is 3.75. The standard InChI is InChI=1S/C18H20FN3OS/c1-3-22(4-2)17(23)13-5-9-15(10-6-13)20-18(24)21-16-11-7-14(19)8-12-16/h5-12H,3-4H2,1-2H3,(H2,20,21,24). The normalized spacial score (nSPS) is 10.1. The maximum Gasteiger partial charge on any atom is 0.253 e. The highest BCUT2D eigenvalue weighted by atomic mass is 32.1.